The van der Waals surface area contributed by atoms with Crippen LogP contribution in [-0.4, -0.2) is 25.4 Å². The van der Waals surface area contributed by atoms with Crippen molar-refractivity contribution in [1.82, 2.24) is 0 Å². The Bertz CT molecular complexity index is 939. The Morgan fingerprint density at radius 3 is 2.50 bits per heavy atom. The molecule has 0 fully saturated rings. The van der Waals surface area contributed by atoms with Gasteiger partial charge in [0.25, 0.3) is 0 Å². The number of hydrogen-bond donors (Lipinski definition) is 0. The molecule has 2 aromatic rings. The summed E-state index contributed by atoms with van der Waals surface area (Å²) in [5.41, 5.74) is 2.68. The average molecular weight is 344 g/mol. The van der Waals surface area contributed by atoms with Gasteiger partial charge in [-0.25, -0.2) is 4.79 Å². The maximum atomic E-state index is 12.2. The van der Waals surface area contributed by atoms with Crippen LogP contribution in [0.5, 0.6) is 0 Å². The first kappa shape index (κ1) is 17.2. The number of hydrogen-bond acceptors (Lipinski definition) is 5. The molecule has 0 radical (unpaired) electrons. The first-order valence-electron chi connectivity index (χ1n) is 7.99. The molecule has 1 atom stereocenters. The van der Waals surface area contributed by atoms with Gasteiger partial charge in [-0.05, 0) is 35.4 Å². The van der Waals surface area contributed by atoms with Gasteiger partial charge in [0.2, 0.25) is 0 Å². The molecule has 1 heterocycles. The summed E-state index contributed by atoms with van der Waals surface area (Å²) in [5.74, 6) is -0.512. The summed E-state index contributed by atoms with van der Waals surface area (Å²) in [6.07, 6.45) is 4.01. The van der Waals surface area contributed by atoms with Crippen molar-refractivity contribution in [3.8, 4) is 6.07 Å². The topological polar surface area (TPSA) is 70.4 Å². The number of aldehydes is 1. The number of anilines is 1. The summed E-state index contributed by atoms with van der Waals surface area (Å²) in [6.45, 7) is 0. The fourth-order valence-electron chi connectivity index (χ4n) is 2.94. The van der Waals surface area contributed by atoms with E-state index in [0.29, 0.717) is 22.3 Å². The van der Waals surface area contributed by atoms with Gasteiger partial charge in [0.1, 0.15) is 12.3 Å². The summed E-state index contributed by atoms with van der Waals surface area (Å²) in [4.78, 5) is 25.8. The van der Waals surface area contributed by atoms with E-state index >= 15 is 0 Å². The van der Waals surface area contributed by atoms with Crippen LogP contribution in [-0.2, 0) is 14.3 Å². The Hall–Kier alpha value is -3.65. The minimum absolute atomic E-state index is 0.303. The summed E-state index contributed by atoms with van der Waals surface area (Å²) >= 11 is 0. The molecule has 0 saturated heterocycles. The summed E-state index contributed by atoms with van der Waals surface area (Å²) < 4.78 is 4.85. The molecular weight excluding hydrogens is 328 g/mol. The van der Waals surface area contributed by atoms with Crippen molar-refractivity contribution in [3.63, 3.8) is 0 Å². The zero-order valence-electron chi connectivity index (χ0n) is 14.1. The number of carbonyl (C=O) groups excluding carboxylic acids is 2. The van der Waals surface area contributed by atoms with Crippen LogP contribution in [0.2, 0.25) is 0 Å². The number of para-hydroxylation sites is 1. The van der Waals surface area contributed by atoms with Gasteiger partial charge in [-0.1, -0.05) is 36.4 Å². The number of methoxy groups -OCH3 is 1. The van der Waals surface area contributed by atoms with Crippen molar-refractivity contribution in [1.29, 1.82) is 5.26 Å². The van der Waals surface area contributed by atoms with Gasteiger partial charge < -0.3 is 14.4 Å². The van der Waals surface area contributed by atoms with Gasteiger partial charge in [-0.3, -0.25) is 0 Å². The Morgan fingerprint density at radius 2 is 1.85 bits per heavy atom. The van der Waals surface area contributed by atoms with E-state index < -0.39 is 12.0 Å². The number of nitrogens with zero attached hydrogens (tertiary/aromatic N) is 2. The highest BCUT2D eigenvalue weighted by Gasteiger charge is 2.29. The molecule has 0 saturated carbocycles. The Morgan fingerprint density at radius 1 is 1.15 bits per heavy atom. The van der Waals surface area contributed by atoms with Gasteiger partial charge in [0.05, 0.1) is 24.3 Å². The van der Waals surface area contributed by atoms with Crippen molar-refractivity contribution in [3.05, 3.63) is 83.6 Å². The zero-order valence-corrected chi connectivity index (χ0v) is 14.1. The van der Waals surface area contributed by atoms with E-state index in [4.69, 9.17) is 4.74 Å². The predicted octanol–water partition coefficient (Wildman–Crippen LogP) is 3.09. The fourth-order valence-corrected chi connectivity index (χ4v) is 2.94. The normalized spacial score (nSPS) is 16.2. The molecular formula is C21H16N2O3. The molecule has 0 N–H and O–H groups in total. The van der Waals surface area contributed by atoms with Crippen LogP contribution in [0.1, 0.15) is 11.1 Å². The quantitative estimate of drug-likeness (QED) is 0.630. The highest BCUT2D eigenvalue weighted by atomic mass is 16.5. The third-order valence-electron chi connectivity index (χ3n) is 4.17. The van der Waals surface area contributed by atoms with Crippen LogP contribution in [0.4, 0.5) is 5.69 Å². The predicted molar refractivity (Wildman–Crippen MR) is 98.0 cm³/mol. The smallest absolute Gasteiger partial charge is 0.339 e. The number of nitriles is 1. The number of esters is 1. The lowest BCUT2D eigenvalue weighted by Crippen LogP contribution is -2.36. The second-order valence-corrected chi connectivity index (χ2v) is 5.66. The molecule has 0 aromatic heterocycles. The van der Waals surface area contributed by atoms with E-state index in [0.717, 1.165) is 12.0 Å². The minimum Gasteiger partial charge on any atom is -0.465 e. The molecule has 5 heteroatoms. The van der Waals surface area contributed by atoms with Gasteiger partial charge in [0.15, 0.2) is 0 Å². The summed E-state index contributed by atoms with van der Waals surface area (Å²) in [5, 5.41) is 9.43. The molecule has 128 valence electrons. The monoisotopic (exact) mass is 344 g/mol. The molecule has 0 spiro atoms. The third-order valence-corrected chi connectivity index (χ3v) is 4.17. The van der Waals surface area contributed by atoms with Gasteiger partial charge >= 0.3 is 5.97 Å². The first-order chi connectivity index (χ1) is 12.7. The molecule has 1 aliphatic heterocycles. The molecule has 0 amide bonds. The van der Waals surface area contributed by atoms with E-state index in [2.05, 4.69) is 6.07 Å². The highest BCUT2D eigenvalue weighted by Crippen LogP contribution is 2.33. The average Bonchev–Trinajstić information content (AvgIpc) is 2.72. The third kappa shape index (κ3) is 3.13. The van der Waals surface area contributed by atoms with E-state index in [9.17, 15) is 14.9 Å². The molecule has 2 aromatic carbocycles. The van der Waals surface area contributed by atoms with Crippen molar-refractivity contribution >= 4 is 23.5 Å². The zero-order chi connectivity index (χ0) is 18.5. The first-order valence-corrected chi connectivity index (χ1v) is 7.99. The van der Waals surface area contributed by atoms with Crippen LogP contribution in [0.25, 0.3) is 5.57 Å². The van der Waals surface area contributed by atoms with Crippen LogP contribution in [0.3, 0.4) is 0 Å². The molecule has 3 rings (SSSR count). The second kappa shape index (κ2) is 7.49. The molecule has 5 nitrogen and oxygen atoms in total. The largest absolute Gasteiger partial charge is 0.465 e. The van der Waals surface area contributed by atoms with Gasteiger partial charge in [-0.2, -0.15) is 5.26 Å². The van der Waals surface area contributed by atoms with Crippen molar-refractivity contribution < 1.29 is 14.3 Å². The van der Waals surface area contributed by atoms with Gasteiger partial charge in [0, 0.05) is 11.9 Å². The van der Waals surface area contributed by atoms with E-state index in [1.807, 2.05) is 30.3 Å². The minimum atomic E-state index is -0.666. The second-order valence-electron chi connectivity index (χ2n) is 5.66. The Labute approximate surface area is 151 Å². The lowest BCUT2D eigenvalue weighted by Gasteiger charge is -2.33. The van der Waals surface area contributed by atoms with E-state index in [1.165, 1.54) is 7.11 Å². The maximum Gasteiger partial charge on any atom is 0.339 e. The van der Waals surface area contributed by atoms with Gasteiger partial charge in [-0.15, -0.1) is 0 Å². The number of rotatable bonds is 4. The number of carbonyl (C=O) groups is 2. The van der Waals surface area contributed by atoms with Crippen LogP contribution < -0.4 is 4.90 Å². The van der Waals surface area contributed by atoms with E-state index in [-0.39, 0.29) is 0 Å². The molecule has 0 aliphatic carbocycles. The van der Waals surface area contributed by atoms with Crippen LogP contribution >= 0.6 is 0 Å². The summed E-state index contributed by atoms with van der Waals surface area (Å²) in [7, 11) is 1.30. The van der Waals surface area contributed by atoms with Crippen molar-refractivity contribution in [2.75, 3.05) is 12.0 Å². The molecule has 1 unspecified atom stereocenters. The standard InChI is InChI=1S/C21H16N2O3/c1-26-21(25)16-11-19(18-10-6-5-7-15(18)12-22)20(14-24)23(13-16)17-8-3-2-4-9-17/h2-11,13-14,20H,1H3. The van der Waals surface area contributed by atoms with Crippen molar-refractivity contribution in [2.24, 2.45) is 0 Å². The lowest BCUT2D eigenvalue weighted by molar-refractivity contribution is -0.135. The van der Waals surface area contributed by atoms with Crippen LogP contribution in [0, 0.1) is 11.3 Å². The number of benzene rings is 2. The van der Waals surface area contributed by atoms with E-state index in [1.54, 1.807) is 41.4 Å². The summed E-state index contributed by atoms with van der Waals surface area (Å²) in [6, 6.07) is 17.7. The number of ether oxygens (including phenoxy) is 1. The fraction of sp³-hybridized carbons (Fsp3) is 0.0952. The Balaban J connectivity index is 2.20. The highest BCUT2D eigenvalue weighted by molar-refractivity contribution is 6.01. The molecule has 0 bridgehead atoms. The Kier molecular flexibility index (Phi) is 4.95. The molecule has 26 heavy (non-hydrogen) atoms. The van der Waals surface area contributed by atoms with Crippen LogP contribution in [0.15, 0.2) is 72.4 Å². The lowest BCUT2D eigenvalue weighted by atomic mass is 9.90. The van der Waals surface area contributed by atoms with Crippen molar-refractivity contribution in [2.45, 2.75) is 6.04 Å². The SMILES string of the molecule is COC(=O)C1=CN(c2ccccc2)C(C=O)C(c2ccccc2C#N)=C1. The molecule has 1 aliphatic rings. The maximum absolute atomic E-state index is 12.2.